The Kier molecular flexibility index (Phi) is 8.98. The molecule has 3 amide bonds. The number of amides is 3. The van der Waals surface area contributed by atoms with Gasteiger partial charge in [-0.1, -0.05) is 37.3 Å². The SMILES string of the molecule is CCOC(=O)C[C@H](C)[C@H](NC(=O)[C@@H](Cc1ccccc1)NC(C)=O)C(N)=O. The molecule has 0 saturated carbocycles. The maximum absolute atomic E-state index is 12.7. The molecule has 0 spiro atoms. The molecule has 1 aromatic rings. The van der Waals surface area contributed by atoms with Crippen molar-refractivity contribution in [3.8, 4) is 0 Å². The fourth-order valence-corrected chi connectivity index (χ4v) is 2.65. The van der Waals surface area contributed by atoms with Crippen LogP contribution in [0, 0.1) is 5.92 Å². The van der Waals surface area contributed by atoms with Crippen LogP contribution in [0.3, 0.4) is 0 Å². The minimum Gasteiger partial charge on any atom is -0.466 e. The first-order valence-electron chi connectivity index (χ1n) is 8.80. The van der Waals surface area contributed by atoms with Crippen LogP contribution >= 0.6 is 0 Å². The van der Waals surface area contributed by atoms with Crippen LogP contribution in [-0.2, 0) is 30.3 Å². The highest BCUT2D eigenvalue weighted by Gasteiger charge is 2.30. The van der Waals surface area contributed by atoms with Crippen LogP contribution in [0.25, 0.3) is 0 Å². The highest BCUT2D eigenvalue weighted by atomic mass is 16.5. The van der Waals surface area contributed by atoms with E-state index in [1.807, 2.05) is 30.3 Å². The van der Waals surface area contributed by atoms with E-state index in [4.69, 9.17) is 10.5 Å². The van der Waals surface area contributed by atoms with Crippen LogP contribution in [0.2, 0.25) is 0 Å². The molecule has 0 aliphatic rings. The second-order valence-corrected chi connectivity index (χ2v) is 6.32. The molecule has 0 fully saturated rings. The molecule has 148 valence electrons. The number of carbonyl (C=O) groups excluding carboxylic acids is 4. The molecule has 8 nitrogen and oxygen atoms in total. The quantitative estimate of drug-likeness (QED) is 0.505. The number of hydrogen-bond donors (Lipinski definition) is 3. The van der Waals surface area contributed by atoms with Crippen LogP contribution in [0.1, 0.15) is 32.8 Å². The summed E-state index contributed by atoms with van der Waals surface area (Å²) in [7, 11) is 0. The van der Waals surface area contributed by atoms with E-state index < -0.39 is 35.8 Å². The monoisotopic (exact) mass is 377 g/mol. The van der Waals surface area contributed by atoms with Crippen LogP contribution in [0.15, 0.2) is 30.3 Å². The van der Waals surface area contributed by atoms with Crippen molar-refractivity contribution in [2.45, 2.75) is 45.7 Å². The molecule has 0 aromatic heterocycles. The van der Waals surface area contributed by atoms with Gasteiger partial charge in [-0.25, -0.2) is 0 Å². The van der Waals surface area contributed by atoms with Gasteiger partial charge in [0.15, 0.2) is 0 Å². The average Bonchev–Trinajstić information content (AvgIpc) is 2.59. The molecular formula is C19H27N3O5. The van der Waals surface area contributed by atoms with E-state index in [0.29, 0.717) is 0 Å². The van der Waals surface area contributed by atoms with Crippen molar-refractivity contribution in [3.63, 3.8) is 0 Å². The zero-order valence-corrected chi connectivity index (χ0v) is 15.9. The molecule has 0 aliphatic carbocycles. The number of hydrogen-bond acceptors (Lipinski definition) is 5. The van der Waals surface area contributed by atoms with Crippen molar-refractivity contribution in [2.75, 3.05) is 6.61 Å². The Balaban J connectivity index is 2.86. The molecule has 0 aliphatic heterocycles. The molecule has 0 heterocycles. The van der Waals surface area contributed by atoms with Crippen molar-refractivity contribution in [1.82, 2.24) is 10.6 Å². The van der Waals surface area contributed by atoms with E-state index >= 15 is 0 Å². The van der Waals surface area contributed by atoms with Crippen LogP contribution in [-0.4, -0.2) is 42.4 Å². The zero-order valence-electron chi connectivity index (χ0n) is 15.9. The first-order chi connectivity index (χ1) is 12.7. The minimum atomic E-state index is -1.06. The maximum atomic E-state index is 12.7. The number of ether oxygens (including phenoxy) is 1. The van der Waals surface area contributed by atoms with E-state index in [0.717, 1.165) is 5.56 Å². The van der Waals surface area contributed by atoms with Gasteiger partial charge in [-0.15, -0.1) is 0 Å². The van der Waals surface area contributed by atoms with Crippen LogP contribution < -0.4 is 16.4 Å². The van der Waals surface area contributed by atoms with Crippen molar-refractivity contribution in [1.29, 1.82) is 0 Å². The fraction of sp³-hybridized carbons (Fsp3) is 0.474. The number of nitrogens with one attached hydrogen (secondary N) is 2. The lowest BCUT2D eigenvalue weighted by molar-refractivity contribution is -0.145. The predicted molar refractivity (Wildman–Crippen MR) is 99.3 cm³/mol. The second kappa shape index (κ2) is 10.9. The van der Waals surface area contributed by atoms with Gasteiger partial charge in [-0.2, -0.15) is 0 Å². The highest BCUT2D eigenvalue weighted by Crippen LogP contribution is 2.11. The maximum Gasteiger partial charge on any atom is 0.306 e. The lowest BCUT2D eigenvalue weighted by atomic mass is 9.96. The van der Waals surface area contributed by atoms with Gasteiger partial charge in [0.25, 0.3) is 0 Å². The zero-order chi connectivity index (χ0) is 20.4. The van der Waals surface area contributed by atoms with Crippen molar-refractivity contribution in [2.24, 2.45) is 11.7 Å². The Labute approximate surface area is 158 Å². The molecule has 0 radical (unpaired) electrons. The van der Waals surface area contributed by atoms with Gasteiger partial charge >= 0.3 is 5.97 Å². The summed E-state index contributed by atoms with van der Waals surface area (Å²) >= 11 is 0. The fourth-order valence-electron chi connectivity index (χ4n) is 2.65. The van der Waals surface area contributed by atoms with Crippen molar-refractivity contribution >= 4 is 23.7 Å². The summed E-state index contributed by atoms with van der Waals surface area (Å²) in [4.78, 5) is 47.6. The molecule has 4 N–H and O–H groups in total. The highest BCUT2D eigenvalue weighted by molar-refractivity contribution is 5.91. The van der Waals surface area contributed by atoms with Gasteiger partial charge in [0, 0.05) is 13.3 Å². The summed E-state index contributed by atoms with van der Waals surface area (Å²) in [5.74, 6) is -2.72. The third kappa shape index (κ3) is 7.89. The third-order valence-corrected chi connectivity index (χ3v) is 3.94. The number of rotatable bonds is 10. The van der Waals surface area contributed by atoms with Crippen LogP contribution in [0.4, 0.5) is 0 Å². The first kappa shape index (κ1) is 22.1. The molecule has 27 heavy (non-hydrogen) atoms. The second-order valence-electron chi connectivity index (χ2n) is 6.32. The normalized spacial score (nSPS) is 13.7. The van der Waals surface area contributed by atoms with Crippen molar-refractivity contribution < 1.29 is 23.9 Å². The summed E-state index contributed by atoms with van der Waals surface area (Å²) < 4.78 is 4.87. The molecule has 3 atom stereocenters. The number of primary amides is 1. The van der Waals surface area contributed by atoms with Gasteiger partial charge in [-0.3, -0.25) is 19.2 Å². The summed E-state index contributed by atoms with van der Waals surface area (Å²) in [5.41, 5.74) is 6.25. The average molecular weight is 377 g/mol. The Morgan fingerprint density at radius 1 is 1.11 bits per heavy atom. The first-order valence-corrected chi connectivity index (χ1v) is 8.80. The molecule has 0 unspecified atom stereocenters. The Hall–Kier alpha value is -2.90. The Bertz CT molecular complexity index is 663. The Morgan fingerprint density at radius 3 is 2.26 bits per heavy atom. The largest absolute Gasteiger partial charge is 0.466 e. The molecule has 0 bridgehead atoms. The predicted octanol–water partition coefficient (Wildman–Crippen LogP) is 0.293. The van der Waals surface area contributed by atoms with Gasteiger partial charge in [-0.05, 0) is 18.4 Å². The topological polar surface area (TPSA) is 128 Å². The number of benzene rings is 1. The lowest BCUT2D eigenvalue weighted by Crippen LogP contribution is -2.55. The van der Waals surface area contributed by atoms with Crippen LogP contribution in [0.5, 0.6) is 0 Å². The summed E-state index contributed by atoms with van der Waals surface area (Å²) in [6.07, 6.45) is 0.190. The van der Waals surface area contributed by atoms with Gasteiger partial charge < -0.3 is 21.1 Å². The third-order valence-electron chi connectivity index (χ3n) is 3.94. The standard InChI is InChI=1S/C19H27N3O5/c1-4-27-16(24)10-12(2)17(18(20)25)22-19(26)15(21-13(3)23)11-14-8-6-5-7-9-14/h5-9,12,15,17H,4,10-11H2,1-3H3,(H2,20,25)(H,21,23)(H,22,26)/t12-,15+,17-/m0/s1. The van der Waals surface area contributed by atoms with Gasteiger partial charge in [0.2, 0.25) is 17.7 Å². The summed E-state index contributed by atoms with van der Waals surface area (Å²) in [5, 5.41) is 5.13. The van der Waals surface area contributed by atoms with E-state index in [-0.39, 0.29) is 25.4 Å². The van der Waals surface area contributed by atoms with E-state index in [2.05, 4.69) is 10.6 Å². The number of nitrogens with two attached hydrogens (primary N) is 1. The number of carbonyl (C=O) groups is 4. The van der Waals surface area contributed by atoms with E-state index in [1.165, 1.54) is 6.92 Å². The molecule has 0 saturated heterocycles. The smallest absolute Gasteiger partial charge is 0.306 e. The summed E-state index contributed by atoms with van der Waals surface area (Å²) in [6, 6.07) is 7.22. The van der Waals surface area contributed by atoms with E-state index in [1.54, 1.807) is 13.8 Å². The lowest BCUT2D eigenvalue weighted by Gasteiger charge is -2.25. The minimum absolute atomic E-state index is 0.0643. The van der Waals surface area contributed by atoms with E-state index in [9.17, 15) is 19.2 Å². The van der Waals surface area contributed by atoms with Gasteiger partial charge in [0.1, 0.15) is 12.1 Å². The van der Waals surface area contributed by atoms with Gasteiger partial charge in [0.05, 0.1) is 13.0 Å². The van der Waals surface area contributed by atoms with Crippen molar-refractivity contribution in [3.05, 3.63) is 35.9 Å². The number of esters is 1. The summed E-state index contributed by atoms with van der Waals surface area (Å²) in [6.45, 7) is 4.83. The molecule has 8 heteroatoms. The Morgan fingerprint density at radius 2 is 1.74 bits per heavy atom. The molecular weight excluding hydrogens is 350 g/mol. The molecule has 1 rings (SSSR count). The molecule has 1 aromatic carbocycles.